The van der Waals surface area contributed by atoms with Crippen molar-refractivity contribution >= 4 is 11.6 Å². The van der Waals surface area contributed by atoms with Gasteiger partial charge in [-0.05, 0) is 67.9 Å². The zero-order chi connectivity index (χ0) is 18.8. The zero-order valence-corrected chi connectivity index (χ0v) is 16.2. The van der Waals surface area contributed by atoms with E-state index >= 15 is 0 Å². The van der Waals surface area contributed by atoms with Crippen LogP contribution in [-0.2, 0) is 11.2 Å². The molecule has 4 rings (SSSR count). The fourth-order valence-corrected chi connectivity index (χ4v) is 4.09. The summed E-state index contributed by atoms with van der Waals surface area (Å²) >= 11 is 0. The number of hydrogen-bond acceptors (Lipinski definition) is 3. The van der Waals surface area contributed by atoms with Crippen molar-refractivity contribution in [2.24, 2.45) is 5.92 Å². The van der Waals surface area contributed by atoms with Gasteiger partial charge in [-0.1, -0.05) is 30.3 Å². The number of para-hydroxylation sites is 1. The molecule has 0 radical (unpaired) electrons. The minimum atomic E-state index is 0.0961. The Balaban J connectivity index is 1.47. The van der Waals surface area contributed by atoms with Crippen molar-refractivity contribution in [2.45, 2.75) is 44.7 Å². The van der Waals surface area contributed by atoms with E-state index in [1.807, 2.05) is 12.1 Å². The van der Waals surface area contributed by atoms with Crippen LogP contribution in [0, 0.1) is 5.92 Å². The molecule has 2 aliphatic rings. The highest BCUT2D eigenvalue weighted by molar-refractivity contribution is 5.82. The molecular formula is C23H28N2O2. The summed E-state index contributed by atoms with van der Waals surface area (Å²) in [5.74, 6) is 1.50. The summed E-state index contributed by atoms with van der Waals surface area (Å²) in [5.41, 5.74) is 3.72. The Morgan fingerprint density at radius 1 is 1.15 bits per heavy atom. The largest absolute Gasteiger partial charge is 0.497 e. The van der Waals surface area contributed by atoms with E-state index in [1.165, 1.54) is 29.7 Å². The van der Waals surface area contributed by atoms with Gasteiger partial charge in [0.1, 0.15) is 5.75 Å². The molecular weight excluding hydrogens is 336 g/mol. The molecule has 27 heavy (non-hydrogen) atoms. The number of carbonyl (C=O) groups excluding carboxylic acids is 1. The van der Waals surface area contributed by atoms with Crippen LogP contribution < -0.4 is 15.0 Å². The molecule has 1 aliphatic carbocycles. The SMILES string of the molecule is COc1ccc([C@@H](NC(=O)CN2c3ccccc3CC[C@H]2C)C2CC2)cc1. The highest BCUT2D eigenvalue weighted by Gasteiger charge is 2.34. The summed E-state index contributed by atoms with van der Waals surface area (Å²) in [7, 11) is 1.67. The van der Waals surface area contributed by atoms with Gasteiger partial charge in [-0.15, -0.1) is 0 Å². The molecule has 4 nitrogen and oxygen atoms in total. The number of methoxy groups -OCH3 is 1. The van der Waals surface area contributed by atoms with Crippen molar-refractivity contribution in [3.8, 4) is 5.75 Å². The smallest absolute Gasteiger partial charge is 0.240 e. The maximum Gasteiger partial charge on any atom is 0.240 e. The van der Waals surface area contributed by atoms with E-state index in [0.29, 0.717) is 18.5 Å². The van der Waals surface area contributed by atoms with Gasteiger partial charge in [-0.2, -0.15) is 0 Å². The number of rotatable bonds is 6. The van der Waals surface area contributed by atoms with Crippen molar-refractivity contribution in [3.05, 3.63) is 59.7 Å². The van der Waals surface area contributed by atoms with Crippen LogP contribution in [0.1, 0.15) is 43.4 Å². The molecule has 0 bridgehead atoms. The molecule has 4 heteroatoms. The fourth-order valence-electron chi connectivity index (χ4n) is 4.09. The van der Waals surface area contributed by atoms with Crippen molar-refractivity contribution in [1.29, 1.82) is 0 Å². The maximum absolute atomic E-state index is 12.9. The van der Waals surface area contributed by atoms with Crippen LogP contribution in [0.4, 0.5) is 5.69 Å². The van der Waals surface area contributed by atoms with Crippen LogP contribution in [0.25, 0.3) is 0 Å². The molecule has 142 valence electrons. The van der Waals surface area contributed by atoms with Crippen molar-refractivity contribution in [1.82, 2.24) is 5.32 Å². The molecule has 1 fully saturated rings. The minimum Gasteiger partial charge on any atom is -0.497 e. The van der Waals surface area contributed by atoms with E-state index in [1.54, 1.807) is 7.11 Å². The summed E-state index contributed by atoms with van der Waals surface area (Å²) in [6.07, 6.45) is 4.54. The highest BCUT2D eigenvalue weighted by Crippen LogP contribution is 2.41. The lowest BCUT2D eigenvalue weighted by molar-refractivity contribution is -0.120. The number of nitrogens with zero attached hydrogens (tertiary/aromatic N) is 1. The molecule has 2 atom stereocenters. The monoisotopic (exact) mass is 364 g/mol. The molecule has 1 amide bonds. The first-order valence-corrected chi connectivity index (χ1v) is 9.93. The summed E-state index contributed by atoms with van der Waals surface area (Å²) in [6.45, 7) is 2.63. The molecule has 1 aliphatic heterocycles. The van der Waals surface area contributed by atoms with Crippen LogP contribution in [0.15, 0.2) is 48.5 Å². The molecule has 0 saturated heterocycles. The molecule has 0 spiro atoms. The van der Waals surface area contributed by atoms with Crippen LogP contribution in [0.5, 0.6) is 5.75 Å². The topological polar surface area (TPSA) is 41.6 Å². The summed E-state index contributed by atoms with van der Waals surface area (Å²) in [4.78, 5) is 15.2. The minimum absolute atomic E-state index is 0.0961. The van der Waals surface area contributed by atoms with Gasteiger partial charge in [0.15, 0.2) is 0 Å². The predicted octanol–water partition coefficient (Wildman–Crippen LogP) is 4.10. The van der Waals surface area contributed by atoms with Gasteiger partial charge in [-0.25, -0.2) is 0 Å². The second-order valence-electron chi connectivity index (χ2n) is 7.80. The van der Waals surface area contributed by atoms with E-state index in [0.717, 1.165) is 18.6 Å². The third-order valence-corrected chi connectivity index (χ3v) is 5.86. The van der Waals surface area contributed by atoms with E-state index in [9.17, 15) is 4.79 Å². The maximum atomic E-state index is 12.9. The Morgan fingerprint density at radius 3 is 2.59 bits per heavy atom. The summed E-state index contributed by atoms with van der Waals surface area (Å²) in [6, 6.07) is 17.0. The van der Waals surface area contributed by atoms with E-state index in [4.69, 9.17) is 4.74 Å². The van der Waals surface area contributed by atoms with Crippen LogP contribution >= 0.6 is 0 Å². The third-order valence-electron chi connectivity index (χ3n) is 5.86. The number of nitrogens with one attached hydrogen (secondary N) is 1. The lowest BCUT2D eigenvalue weighted by Crippen LogP contribution is -2.45. The van der Waals surface area contributed by atoms with Crippen molar-refractivity contribution < 1.29 is 9.53 Å². The van der Waals surface area contributed by atoms with Gasteiger partial charge in [0.2, 0.25) is 5.91 Å². The Kier molecular flexibility index (Phi) is 5.06. The van der Waals surface area contributed by atoms with Crippen LogP contribution in [0.3, 0.4) is 0 Å². The van der Waals surface area contributed by atoms with Gasteiger partial charge in [-0.3, -0.25) is 4.79 Å². The predicted molar refractivity (Wildman–Crippen MR) is 108 cm³/mol. The molecule has 2 aromatic carbocycles. The number of benzene rings is 2. The Labute approximate surface area is 161 Å². The lowest BCUT2D eigenvalue weighted by atomic mass is 9.96. The van der Waals surface area contributed by atoms with Crippen molar-refractivity contribution in [2.75, 3.05) is 18.6 Å². The van der Waals surface area contributed by atoms with Crippen LogP contribution in [0.2, 0.25) is 0 Å². The molecule has 0 unspecified atom stereocenters. The average molecular weight is 364 g/mol. The standard InChI is InChI=1S/C23H28N2O2/c1-16-7-8-17-5-3-4-6-21(17)25(16)15-22(26)24-23(18-9-10-18)19-11-13-20(27-2)14-12-19/h3-6,11-14,16,18,23H,7-10,15H2,1-2H3,(H,24,26)/t16-,23+/m1/s1. The zero-order valence-electron chi connectivity index (χ0n) is 16.2. The Hall–Kier alpha value is -2.49. The third kappa shape index (κ3) is 3.95. The number of hydrogen-bond donors (Lipinski definition) is 1. The first-order valence-electron chi connectivity index (χ1n) is 9.93. The summed E-state index contributed by atoms with van der Waals surface area (Å²) in [5, 5.41) is 3.31. The van der Waals surface area contributed by atoms with E-state index in [-0.39, 0.29) is 11.9 Å². The average Bonchev–Trinajstić information content (AvgIpc) is 3.54. The normalized spacial score (nSPS) is 19.9. The van der Waals surface area contributed by atoms with Gasteiger partial charge in [0, 0.05) is 11.7 Å². The van der Waals surface area contributed by atoms with E-state index in [2.05, 4.69) is 53.5 Å². The number of carbonyl (C=O) groups is 1. The highest BCUT2D eigenvalue weighted by atomic mass is 16.5. The quantitative estimate of drug-likeness (QED) is 0.839. The number of ether oxygens (including phenoxy) is 1. The molecule has 2 aromatic rings. The second kappa shape index (κ2) is 7.63. The Morgan fingerprint density at radius 2 is 1.89 bits per heavy atom. The lowest BCUT2D eigenvalue weighted by Gasteiger charge is -2.37. The molecule has 1 N–H and O–H groups in total. The van der Waals surface area contributed by atoms with Gasteiger partial charge in [0.25, 0.3) is 0 Å². The first kappa shape index (κ1) is 17.9. The molecule has 1 saturated carbocycles. The number of aryl methyl sites for hydroxylation is 1. The van der Waals surface area contributed by atoms with Crippen LogP contribution in [-0.4, -0.2) is 25.6 Å². The van der Waals surface area contributed by atoms with Gasteiger partial charge >= 0.3 is 0 Å². The number of fused-ring (bicyclic) bond motifs is 1. The Bertz CT molecular complexity index is 798. The number of anilines is 1. The van der Waals surface area contributed by atoms with Gasteiger partial charge in [0.05, 0.1) is 19.7 Å². The first-order chi connectivity index (χ1) is 13.2. The van der Waals surface area contributed by atoms with Gasteiger partial charge < -0.3 is 15.0 Å². The number of amides is 1. The van der Waals surface area contributed by atoms with E-state index < -0.39 is 0 Å². The fraction of sp³-hybridized carbons (Fsp3) is 0.435. The second-order valence-corrected chi connectivity index (χ2v) is 7.80. The van der Waals surface area contributed by atoms with Crippen molar-refractivity contribution in [3.63, 3.8) is 0 Å². The molecule has 1 heterocycles. The molecule has 0 aromatic heterocycles. The summed E-state index contributed by atoms with van der Waals surface area (Å²) < 4.78 is 5.26.